The molecule has 0 saturated heterocycles. The summed E-state index contributed by atoms with van der Waals surface area (Å²) in [7, 11) is 0. The van der Waals surface area contributed by atoms with Crippen LogP contribution in [0, 0.1) is 20.8 Å². The fraction of sp³-hybridized carbons (Fsp3) is 0.455. The first-order valence-electron chi connectivity index (χ1n) is 4.67. The van der Waals surface area contributed by atoms with Gasteiger partial charge in [0.15, 0.2) is 0 Å². The lowest BCUT2D eigenvalue weighted by molar-refractivity contribution is 0.462. The molecule has 1 aromatic carbocycles. The number of rotatable bonds is 2. The highest BCUT2D eigenvalue weighted by Gasteiger charge is 2.14. The summed E-state index contributed by atoms with van der Waals surface area (Å²) in [5.41, 5.74) is 9.60. The van der Waals surface area contributed by atoms with Crippen molar-refractivity contribution in [2.45, 2.75) is 27.2 Å². The molecule has 0 spiro atoms. The molecule has 0 aliphatic carbocycles. The lowest BCUT2D eigenvalue weighted by Crippen LogP contribution is -2.06. The van der Waals surface area contributed by atoms with Gasteiger partial charge in [-0.05, 0) is 56.0 Å². The van der Waals surface area contributed by atoms with Gasteiger partial charge in [0.05, 0.1) is 0 Å². The number of halogens is 1. The van der Waals surface area contributed by atoms with Gasteiger partial charge in [-0.3, -0.25) is 0 Å². The van der Waals surface area contributed by atoms with Crippen molar-refractivity contribution in [3.63, 3.8) is 0 Å². The molecule has 0 atom stereocenters. The minimum absolute atomic E-state index is 0.397. The SMILES string of the molecule is Cc1c(C)c(Br)c(C)c(CCN)c1O. The van der Waals surface area contributed by atoms with Crippen molar-refractivity contribution in [1.29, 1.82) is 0 Å². The van der Waals surface area contributed by atoms with Crippen LogP contribution >= 0.6 is 15.9 Å². The topological polar surface area (TPSA) is 46.2 Å². The van der Waals surface area contributed by atoms with E-state index in [9.17, 15) is 5.11 Å². The Bertz CT molecular complexity index is 332. The van der Waals surface area contributed by atoms with Gasteiger partial charge in [-0.15, -0.1) is 0 Å². The van der Waals surface area contributed by atoms with Gasteiger partial charge in [-0.1, -0.05) is 15.9 Å². The molecule has 0 bridgehead atoms. The molecular formula is C11H16BrNO. The molecule has 14 heavy (non-hydrogen) atoms. The molecule has 0 aliphatic rings. The first-order valence-corrected chi connectivity index (χ1v) is 5.47. The summed E-state index contributed by atoms with van der Waals surface area (Å²) >= 11 is 3.53. The summed E-state index contributed by atoms with van der Waals surface area (Å²) in [6, 6.07) is 0. The average molecular weight is 258 g/mol. The van der Waals surface area contributed by atoms with Crippen molar-refractivity contribution in [2.75, 3.05) is 6.54 Å². The third-order valence-electron chi connectivity index (χ3n) is 2.71. The van der Waals surface area contributed by atoms with Crippen molar-refractivity contribution >= 4 is 15.9 Å². The molecule has 0 fully saturated rings. The van der Waals surface area contributed by atoms with Crippen LogP contribution in [0.25, 0.3) is 0 Å². The predicted molar refractivity (Wildman–Crippen MR) is 62.8 cm³/mol. The predicted octanol–water partition coefficient (Wildman–Crippen LogP) is 2.58. The molecule has 3 N–H and O–H groups in total. The fourth-order valence-corrected chi connectivity index (χ4v) is 2.15. The number of nitrogens with two attached hydrogens (primary N) is 1. The Kier molecular flexibility index (Phi) is 3.56. The zero-order chi connectivity index (χ0) is 10.9. The fourth-order valence-electron chi connectivity index (χ4n) is 1.61. The summed E-state index contributed by atoms with van der Waals surface area (Å²) in [5.74, 6) is 0.397. The molecule has 0 amide bonds. The molecule has 0 aromatic heterocycles. The van der Waals surface area contributed by atoms with Crippen molar-refractivity contribution < 1.29 is 5.11 Å². The molecule has 2 nitrogen and oxygen atoms in total. The zero-order valence-corrected chi connectivity index (χ0v) is 10.4. The van der Waals surface area contributed by atoms with Gasteiger partial charge in [-0.25, -0.2) is 0 Å². The standard InChI is InChI=1S/C11H16BrNO/c1-6-7(2)11(14)9(4-5-13)8(3)10(6)12/h14H,4-5,13H2,1-3H3. The summed E-state index contributed by atoms with van der Waals surface area (Å²) in [5, 5.41) is 9.94. The number of hydrogen-bond donors (Lipinski definition) is 2. The van der Waals surface area contributed by atoms with Gasteiger partial charge in [0.2, 0.25) is 0 Å². The third-order valence-corrected chi connectivity index (χ3v) is 3.90. The minimum Gasteiger partial charge on any atom is -0.507 e. The van der Waals surface area contributed by atoms with Gasteiger partial charge in [-0.2, -0.15) is 0 Å². The summed E-state index contributed by atoms with van der Waals surface area (Å²) < 4.78 is 1.08. The number of benzene rings is 1. The highest BCUT2D eigenvalue weighted by Crippen LogP contribution is 2.35. The zero-order valence-electron chi connectivity index (χ0n) is 8.82. The van der Waals surface area contributed by atoms with Crippen LogP contribution in [0.2, 0.25) is 0 Å². The Hall–Kier alpha value is -0.540. The molecule has 0 heterocycles. The molecule has 0 aliphatic heterocycles. The van der Waals surface area contributed by atoms with E-state index >= 15 is 0 Å². The number of hydrogen-bond acceptors (Lipinski definition) is 2. The lowest BCUT2D eigenvalue weighted by Gasteiger charge is -2.15. The van der Waals surface area contributed by atoms with Crippen LogP contribution in [0.1, 0.15) is 22.3 Å². The molecule has 0 radical (unpaired) electrons. The van der Waals surface area contributed by atoms with Crippen LogP contribution in [-0.4, -0.2) is 11.7 Å². The maximum absolute atomic E-state index is 9.94. The van der Waals surface area contributed by atoms with Crippen LogP contribution < -0.4 is 5.73 Å². The van der Waals surface area contributed by atoms with Crippen LogP contribution in [-0.2, 0) is 6.42 Å². The van der Waals surface area contributed by atoms with Crippen molar-refractivity contribution in [3.8, 4) is 5.75 Å². The maximum Gasteiger partial charge on any atom is 0.122 e. The molecule has 0 unspecified atom stereocenters. The average Bonchev–Trinajstić information content (AvgIpc) is 2.19. The van der Waals surface area contributed by atoms with E-state index in [0.29, 0.717) is 12.3 Å². The van der Waals surface area contributed by atoms with E-state index in [1.807, 2.05) is 20.8 Å². The Morgan fingerprint density at radius 1 is 1.14 bits per heavy atom. The number of aromatic hydroxyl groups is 1. The van der Waals surface area contributed by atoms with Gasteiger partial charge in [0, 0.05) is 4.47 Å². The van der Waals surface area contributed by atoms with Gasteiger partial charge >= 0.3 is 0 Å². The van der Waals surface area contributed by atoms with Crippen LogP contribution in [0.15, 0.2) is 4.47 Å². The first kappa shape index (κ1) is 11.5. The Morgan fingerprint density at radius 2 is 1.71 bits per heavy atom. The second kappa shape index (κ2) is 4.32. The van der Waals surface area contributed by atoms with Gasteiger partial charge in [0.25, 0.3) is 0 Å². The van der Waals surface area contributed by atoms with Crippen molar-refractivity contribution in [2.24, 2.45) is 5.73 Å². The highest BCUT2D eigenvalue weighted by molar-refractivity contribution is 9.10. The summed E-state index contributed by atoms with van der Waals surface area (Å²) in [6.07, 6.45) is 0.720. The monoisotopic (exact) mass is 257 g/mol. The normalized spacial score (nSPS) is 10.6. The first-order chi connectivity index (χ1) is 6.50. The number of phenols is 1. The summed E-state index contributed by atoms with van der Waals surface area (Å²) in [4.78, 5) is 0. The van der Waals surface area contributed by atoms with Crippen LogP contribution in [0.5, 0.6) is 5.75 Å². The van der Waals surface area contributed by atoms with Crippen molar-refractivity contribution in [3.05, 3.63) is 26.7 Å². The second-order valence-corrected chi connectivity index (χ2v) is 4.35. The van der Waals surface area contributed by atoms with Gasteiger partial charge in [0.1, 0.15) is 5.75 Å². The van der Waals surface area contributed by atoms with E-state index in [1.165, 1.54) is 0 Å². The lowest BCUT2D eigenvalue weighted by atomic mass is 9.97. The molecule has 3 heteroatoms. The van der Waals surface area contributed by atoms with Gasteiger partial charge < -0.3 is 10.8 Å². The summed E-state index contributed by atoms with van der Waals surface area (Å²) in [6.45, 7) is 6.48. The number of phenolic OH excluding ortho intramolecular Hbond substituents is 1. The van der Waals surface area contributed by atoms with Crippen LogP contribution in [0.4, 0.5) is 0 Å². The smallest absolute Gasteiger partial charge is 0.122 e. The Morgan fingerprint density at radius 3 is 2.21 bits per heavy atom. The molecular weight excluding hydrogens is 242 g/mol. The van der Waals surface area contributed by atoms with E-state index in [1.54, 1.807) is 0 Å². The van der Waals surface area contributed by atoms with Crippen LogP contribution in [0.3, 0.4) is 0 Å². The van der Waals surface area contributed by atoms with E-state index in [4.69, 9.17) is 5.73 Å². The minimum atomic E-state index is 0.397. The van der Waals surface area contributed by atoms with E-state index < -0.39 is 0 Å². The third kappa shape index (κ3) is 1.79. The Labute approximate surface area is 93.3 Å². The van der Waals surface area contributed by atoms with E-state index in [2.05, 4.69) is 15.9 Å². The molecule has 1 aromatic rings. The molecule has 1 rings (SSSR count). The largest absolute Gasteiger partial charge is 0.507 e. The quantitative estimate of drug-likeness (QED) is 0.856. The Balaban J connectivity index is 3.43. The highest BCUT2D eigenvalue weighted by atomic mass is 79.9. The molecule has 78 valence electrons. The second-order valence-electron chi connectivity index (χ2n) is 3.55. The van der Waals surface area contributed by atoms with E-state index in [-0.39, 0.29) is 0 Å². The molecule has 0 saturated carbocycles. The van der Waals surface area contributed by atoms with E-state index in [0.717, 1.165) is 33.1 Å². The van der Waals surface area contributed by atoms with Crippen molar-refractivity contribution in [1.82, 2.24) is 0 Å². The maximum atomic E-state index is 9.94.